The Kier molecular flexibility index (Phi) is 4.39. The maximum atomic E-state index is 14.1. The van der Waals surface area contributed by atoms with Crippen LogP contribution in [-0.2, 0) is 19.9 Å². The van der Waals surface area contributed by atoms with Crippen molar-refractivity contribution < 1.29 is 8.78 Å². The number of aryl methyl sites for hydroxylation is 4. The van der Waals surface area contributed by atoms with Crippen LogP contribution < -0.4 is 0 Å². The van der Waals surface area contributed by atoms with E-state index in [1.807, 2.05) is 48.1 Å². The molecule has 27 heavy (non-hydrogen) atoms. The van der Waals surface area contributed by atoms with Crippen LogP contribution in [0, 0.1) is 18.6 Å². The highest BCUT2D eigenvalue weighted by Gasteiger charge is 2.14. The van der Waals surface area contributed by atoms with Crippen molar-refractivity contribution in [1.82, 2.24) is 19.5 Å². The van der Waals surface area contributed by atoms with E-state index in [0.717, 1.165) is 23.1 Å². The molecule has 4 nitrogen and oxygen atoms in total. The molecule has 0 aliphatic carbocycles. The second kappa shape index (κ2) is 6.87. The Bertz CT molecular complexity index is 1120. The third kappa shape index (κ3) is 3.43. The van der Waals surface area contributed by atoms with Crippen LogP contribution in [0.25, 0.3) is 22.2 Å². The van der Waals surface area contributed by atoms with Crippen LogP contribution in [0.1, 0.15) is 17.3 Å². The molecule has 0 amide bonds. The first-order valence-electron chi connectivity index (χ1n) is 8.71. The molecule has 0 atom stereocenters. The van der Waals surface area contributed by atoms with Crippen molar-refractivity contribution in [3.63, 3.8) is 0 Å². The predicted octanol–water partition coefficient (Wildman–Crippen LogP) is 4.40. The average Bonchev–Trinajstić information content (AvgIpc) is 3.02. The van der Waals surface area contributed by atoms with Crippen molar-refractivity contribution in [3.05, 3.63) is 77.6 Å². The van der Waals surface area contributed by atoms with Crippen molar-refractivity contribution in [2.24, 2.45) is 7.05 Å². The van der Waals surface area contributed by atoms with E-state index in [9.17, 15) is 8.78 Å². The number of fused-ring (bicyclic) bond motifs is 1. The van der Waals surface area contributed by atoms with Gasteiger partial charge in [-0.1, -0.05) is 30.3 Å². The summed E-state index contributed by atoms with van der Waals surface area (Å²) in [4.78, 5) is 13.2. The van der Waals surface area contributed by atoms with E-state index in [1.165, 1.54) is 6.07 Å². The standard InChI is InChI=1S/C21H18F2N4/c1-13-24-18(16-10-15(22)11-17(23)21(16)25-13)8-9-20-26-19(12-27(20)2)14-6-4-3-5-7-14/h3-7,10-12H,8-9H2,1-2H3. The normalized spacial score (nSPS) is 11.3. The highest BCUT2D eigenvalue weighted by Crippen LogP contribution is 2.23. The Hall–Kier alpha value is -3.15. The topological polar surface area (TPSA) is 43.6 Å². The highest BCUT2D eigenvalue weighted by atomic mass is 19.1. The fourth-order valence-corrected chi connectivity index (χ4v) is 3.25. The fourth-order valence-electron chi connectivity index (χ4n) is 3.25. The fraction of sp³-hybridized carbons (Fsp3) is 0.190. The minimum absolute atomic E-state index is 0.156. The molecule has 0 radical (unpaired) electrons. The molecule has 4 aromatic rings. The molecule has 6 heteroatoms. The molecule has 0 fully saturated rings. The Morgan fingerprint density at radius 2 is 1.74 bits per heavy atom. The highest BCUT2D eigenvalue weighted by molar-refractivity contribution is 5.81. The van der Waals surface area contributed by atoms with Gasteiger partial charge < -0.3 is 4.57 Å². The van der Waals surface area contributed by atoms with Crippen molar-refractivity contribution >= 4 is 10.9 Å². The van der Waals surface area contributed by atoms with Gasteiger partial charge in [-0.05, 0) is 19.4 Å². The number of halogens is 2. The zero-order chi connectivity index (χ0) is 19.0. The lowest BCUT2D eigenvalue weighted by Crippen LogP contribution is -2.05. The molecular weight excluding hydrogens is 346 g/mol. The van der Waals surface area contributed by atoms with Gasteiger partial charge >= 0.3 is 0 Å². The van der Waals surface area contributed by atoms with Crippen LogP contribution in [0.5, 0.6) is 0 Å². The monoisotopic (exact) mass is 364 g/mol. The zero-order valence-electron chi connectivity index (χ0n) is 15.1. The molecule has 0 N–H and O–H groups in total. The third-order valence-electron chi connectivity index (χ3n) is 4.54. The van der Waals surface area contributed by atoms with Gasteiger partial charge in [-0.15, -0.1) is 0 Å². The van der Waals surface area contributed by atoms with Crippen molar-refractivity contribution in [2.45, 2.75) is 19.8 Å². The number of aromatic nitrogens is 4. The predicted molar refractivity (Wildman–Crippen MR) is 100 cm³/mol. The summed E-state index contributed by atoms with van der Waals surface area (Å²) in [7, 11) is 1.94. The smallest absolute Gasteiger partial charge is 0.152 e. The van der Waals surface area contributed by atoms with E-state index in [4.69, 9.17) is 4.98 Å². The number of rotatable bonds is 4. The molecule has 4 rings (SSSR count). The van der Waals surface area contributed by atoms with Gasteiger partial charge in [0.15, 0.2) is 5.82 Å². The molecule has 2 heterocycles. The van der Waals surface area contributed by atoms with Crippen LogP contribution in [0.15, 0.2) is 48.7 Å². The summed E-state index contributed by atoms with van der Waals surface area (Å²) >= 11 is 0. The van der Waals surface area contributed by atoms with Gasteiger partial charge in [-0.25, -0.2) is 23.7 Å². The van der Waals surface area contributed by atoms with Gasteiger partial charge in [-0.3, -0.25) is 0 Å². The number of hydrogen-bond acceptors (Lipinski definition) is 3. The Balaban J connectivity index is 1.66. The van der Waals surface area contributed by atoms with Gasteiger partial charge in [0.1, 0.15) is 23.0 Å². The summed E-state index contributed by atoms with van der Waals surface area (Å²) in [5.41, 5.74) is 2.73. The van der Waals surface area contributed by atoms with Crippen LogP contribution in [0.2, 0.25) is 0 Å². The molecule has 0 unspecified atom stereocenters. The van der Waals surface area contributed by atoms with E-state index in [2.05, 4.69) is 9.97 Å². The number of benzene rings is 2. The lowest BCUT2D eigenvalue weighted by molar-refractivity contribution is 0.589. The molecular formula is C21H18F2N4. The molecule has 2 aromatic heterocycles. The summed E-state index contributed by atoms with van der Waals surface area (Å²) in [6, 6.07) is 12.1. The van der Waals surface area contributed by atoms with E-state index in [1.54, 1.807) is 6.92 Å². The van der Waals surface area contributed by atoms with Crippen LogP contribution >= 0.6 is 0 Å². The van der Waals surface area contributed by atoms with Crippen LogP contribution in [-0.4, -0.2) is 19.5 Å². The Labute approximate surface area is 155 Å². The molecule has 0 bridgehead atoms. The second-order valence-electron chi connectivity index (χ2n) is 6.52. The molecule has 0 aliphatic heterocycles. The maximum Gasteiger partial charge on any atom is 0.152 e. The first-order valence-corrected chi connectivity index (χ1v) is 8.71. The van der Waals surface area contributed by atoms with Gasteiger partial charge in [0.05, 0.1) is 11.4 Å². The summed E-state index contributed by atoms with van der Waals surface area (Å²) < 4.78 is 29.7. The molecule has 136 valence electrons. The Morgan fingerprint density at radius 1 is 0.963 bits per heavy atom. The van der Waals surface area contributed by atoms with Crippen molar-refractivity contribution in [2.75, 3.05) is 0 Å². The largest absolute Gasteiger partial charge is 0.337 e. The molecule has 2 aromatic carbocycles. The summed E-state index contributed by atoms with van der Waals surface area (Å²) in [5.74, 6) is 0.0557. The van der Waals surface area contributed by atoms with Crippen molar-refractivity contribution in [1.29, 1.82) is 0 Å². The minimum Gasteiger partial charge on any atom is -0.337 e. The zero-order valence-corrected chi connectivity index (χ0v) is 15.1. The lowest BCUT2D eigenvalue weighted by Gasteiger charge is -2.08. The Morgan fingerprint density at radius 3 is 2.52 bits per heavy atom. The minimum atomic E-state index is -0.667. The number of imidazole rings is 1. The van der Waals surface area contributed by atoms with E-state index < -0.39 is 11.6 Å². The number of nitrogens with zero attached hydrogens (tertiary/aromatic N) is 4. The van der Waals surface area contributed by atoms with Crippen LogP contribution in [0.3, 0.4) is 0 Å². The molecule has 0 saturated carbocycles. The van der Waals surface area contributed by atoms with Crippen molar-refractivity contribution in [3.8, 4) is 11.3 Å². The molecule has 0 saturated heterocycles. The second-order valence-corrected chi connectivity index (χ2v) is 6.52. The molecule has 0 aliphatic rings. The SMILES string of the molecule is Cc1nc(CCc2nc(-c3ccccc3)cn2C)c2cc(F)cc(F)c2n1. The lowest BCUT2D eigenvalue weighted by atomic mass is 10.1. The maximum absolute atomic E-state index is 14.1. The van der Waals surface area contributed by atoms with Gasteiger partial charge in [0.25, 0.3) is 0 Å². The first kappa shape index (κ1) is 17.3. The summed E-state index contributed by atoms with van der Waals surface area (Å²) in [5, 5.41) is 0.413. The molecule has 0 spiro atoms. The summed E-state index contributed by atoms with van der Waals surface area (Å²) in [6.45, 7) is 1.71. The van der Waals surface area contributed by atoms with E-state index in [-0.39, 0.29) is 5.52 Å². The van der Waals surface area contributed by atoms with Gasteiger partial charge in [0, 0.05) is 36.7 Å². The third-order valence-corrected chi connectivity index (χ3v) is 4.54. The average molecular weight is 364 g/mol. The van der Waals surface area contributed by atoms with Gasteiger partial charge in [0.2, 0.25) is 0 Å². The first-order chi connectivity index (χ1) is 13.0. The van der Waals surface area contributed by atoms with Crippen LogP contribution in [0.4, 0.5) is 8.78 Å². The number of hydrogen-bond donors (Lipinski definition) is 0. The van der Waals surface area contributed by atoms with E-state index in [0.29, 0.717) is 29.7 Å². The summed E-state index contributed by atoms with van der Waals surface area (Å²) in [6.07, 6.45) is 3.10. The quantitative estimate of drug-likeness (QED) is 0.539. The van der Waals surface area contributed by atoms with E-state index >= 15 is 0 Å². The van der Waals surface area contributed by atoms with Gasteiger partial charge in [-0.2, -0.15) is 0 Å².